The van der Waals surface area contributed by atoms with Gasteiger partial charge in [0.1, 0.15) is 12.4 Å². The Bertz CT molecular complexity index is 903. The summed E-state index contributed by atoms with van der Waals surface area (Å²) >= 11 is 0. The summed E-state index contributed by atoms with van der Waals surface area (Å²) < 4.78 is 40.3. The molecule has 0 unspecified atom stereocenters. The fourth-order valence-corrected chi connectivity index (χ4v) is 5.64. The second kappa shape index (κ2) is 17.5. The smallest absolute Gasteiger partial charge is 0.201 e. The van der Waals surface area contributed by atoms with Crippen LogP contribution in [0.3, 0.4) is 0 Å². The van der Waals surface area contributed by atoms with Crippen LogP contribution in [-0.4, -0.2) is 6.61 Å². The van der Waals surface area contributed by atoms with Gasteiger partial charge < -0.3 is 9.47 Å². The summed E-state index contributed by atoms with van der Waals surface area (Å²) in [4.78, 5) is 0. The monoisotopic (exact) mass is 528 g/mol. The minimum absolute atomic E-state index is 0.0126. The van der Waals surface area contributed by atoms with Crippen molar-refractivity contribution in [2.45, 2.75) is 123 Å². The molecule has 38 heavy (non-hydrogen) atoms. The summed E-state index contributed by atoms with van der Waals surface area (Å²) in [6, 6.07) is 11.1. The molecular formula is C34H50F2O2. The molecule has 0 spiro atoms. The first kappa shape index (κ1) is 30.4. The van der Waals surface area contributed by atoms with Crippen LogP contribution in [-0.2, 0) is 13.0 Å². The quantitative estimate of drug-likeness (QED) is 0.179. The molecule has 212 valence electrons. The summed E-state index contributed by atoms with van der Waals surface area (Å²) in [6.07, 6.45) is 20.2. The lowest BCUT2D eigenvalue weighted by molar-refractivity contribution is 0.249. The third-order valence-electron chi connectivity index (χ3n) is 8.22. The fraction of sp³-hybridized carbons (Fsp3) is 0.647. The van der Waals surface area contributed by atoms with E-state index in [2.05, 4.69) is 26.0 Å². The molecule has 0 saturated heterocycles. The van der Waals surface area contributed by atoms with Crippen LogP contribution in [0.1, 0.15) is 121 Å². The van der Waals surface area contributed by atoms with E-state index in [1.807, 2.05) is 12.1 Å². The van der Waals surface area contributed by atoms with Gasteiger partial charge in [-0.25, -0.2) is 4.39 Å². The summed E-state index contributed by atoms with van der Waals surface area (Å²) in [6.45, 7) is 4.86. The molecule has 1 saturated carbocycles. The molecule has 2 aromatic rings. The first-order chi connectivity index (χ1) is 18.6. The molecule has 0 aromatic heterocycles. The molecule has 3 rings (SSSR count). The Morgan fingerprint density at radius 1 is 0.658 bits per heavy atom. The molecule has 4 heteroatoms. The number of aryl methyl sites for hydroxylation is 1. The van der Waals surface area contributed by atoms with Crippen LogP contribution in [0.15, 0.2) is 36.4 Å². The highest BCUT2D eigenvalue weighted by molar-refractivity contribution is 5.32. The SMILES string of the molecule is CCCCCCCCOc1ccc(COc2ccc(CCC3CCC(CCCCC)CC3)cc2)c(F)c1F. The van der Waals surface area contributed by atoms with E-state index in [1.165, 1.54) is 88.7 Å². The Hall–Kier alpha value is -2.10. The van der Waals surface area contributed by atoms with Gasteiger partial charge in [-0.3, -0.25) is 0 Å². The zero-order valence-electron chi connectivity index (χ0n) is 23.9. The molecule has 0 amide bonds. The molecule has 0 radical (unpaired) electrons. The van der Waals surface area contributed by atoms with Gasteiger partial charge >= 0.3 is 0 Å². The molecule has 2 aromatic carbocycles. The molecule has 0 aliphatic heterocycles. The zero-order chi connectivity index (χ0) is 27.0. The number of hydrogen-bond donors (Lipinski definition) is 0. The maximum atomic E-state index is 14.6. The minimum atomic E-state index is -0.928. The van der Waals surface area contributed by atoms with Gasteiger partial charge in [0.15, 0.2) is 11.6 Å². The zero-order valence-corrected chi connectivity index (χ0v) is 23.9. The second-order valence-electron chi connectivity index (χ2n) is 11.3. The molecule has 1 aliphatic carbocycles. The van der Waals surface area contributed by atoms with E-state index in [9.17, 15) is 8.78 Å². The molecule has 0 heterocycles. The van der Waals surface area contributed by atoms with Crippen LogP contribution in [0, 0.1) is 23.5 Å². The second-order valence-corrected chi connectivity index (χ2v) is 11.3. The van der Waals surface area contributed by atoms with E-state index in [1.54, 1.807) is 6.07 Å². The van der Waals surface area contributed by atoms with Gasteiger partial charge in [-0.2, -0.15) is 4.39 Å². The van der Waals surface area contributed by atoms with Gasteiger partial charge in [0.2, 0.25) is 5.82 Å². The Balaban J connectivity index is 1.36. The van der Waals surface area contributed by atoms with Crippen LogP contribution >= 0.6 is 0 Å². The highest BCUT2D eigenvalue weighted by Crippen LogP contribution is 2.34. The number of unbranched alkanes of at least 4 members (excludes halogenated alkanes) is 7. The van der Waals surface area contributed by atoms with Gasteiger partial charge in [-0.1, -0.05) is 109 Å². The van der Waals surface area contributed by atoms with Gasteiger partial charge in [-0.15, -0.1) is 0 Å². The van der Waals surface area contributed by atoms with Crippen molar-refractivity contribution in [3.8, 4) is 11.5 Å². The van der Waals surface area contributed by atoms with Gasteiger partial charge in [0, 0.05) is 5.56 Å². The number of ether oxygens (including phenoxy) is 2. The van der Waals surface area contributed by atoms with Crippen LogP contribution in [0.25, 0.3) is 0 Å². The molecule has 2 nitrogen and oxygen atoms in total. The fourth-order valence-electron chi connectivity index (χ4n) is 5.64. The highest BCUT2D eigenvalue weighted by Gasteiger charge is 2.20. The summed E-state index contributed by atoms with van der Waals surface area (Å²) in [5.74, 6) is 0.647. The highest BCUT2D eigenvalue weighted by atomic mass is 19.2. The van der Waals surface area contributed by atoms with Crippen molar-refractivity contribution in [1.82, 2.24) is 0 Å². The topological polar surface area (TPSA) is 18.5 Å². The lowest BCUT2D eigenvalue weighted by Crippen LogP contribution is -2.15. The molecule has 1 aliphatic rings. The number of halogens is 2. The van der Waals surface area contributed by atoms with Gasteiger partial charge in [0.25, 0.3) is 0 Å². The van der Waals surface area contributed by atoms with Crippen molar-refractivity contribution < 1.29 is 18.3 Å². The molecule has 0 N–H and O–H groups in total. The van der Waals surface area contributed by atoms with E-state index in [0.717, 1.165) is 37.5 Å². The van der Waals surface area contributed by atoms with Crippen LogP contribution < -0.4 is 9.47 Å². The largest absolute Gasteiger partial charge is 0.490 e. The summed E-state index contributed by atoms with van der Waals surface area (Å²) in [5.41, 5.74) is 1.51. The summed E-state index contributed by atoms with van der Waals surface area (Å²) in [7, 11) is 0. The summed E-state index contributed by atoms with van der Waals surface area (Å²) in [5, 5.41) is 0. The predicted molar refractivity (Wildman–Crippen MR) is 154 cm³/mol. The van der Waals surface area contributed by atoms with Crippen LogP contribution in [0.2, 0.25) is 0 Å². The van der Waals surface area contributed by atoms with Crippen LogP contribution in [0.4, 0.5) is 8.78 Å². The van der Waals surface area contributed by atoms with Gasteiger partial charge in [-0.05, 0) is 60.9 Å². The average Bonchev–Trinajstić information content (AvgIpc) is 2.94. The van der Waals surface area contributed by atoms with Crippen molar-refractivity contribution in [2.24, 2.45) is 11.8 Å². The first-order valence-corrected chi connectivity index (χ1v) is 15.4. The number of rotatable bonds is 18. The van der Waals surface area contributed by atoms with E-state index in [4.69, 9.17) is 9.47 Å². The third kappa shape index (κ3) is 10.6. The first-order valence-electron chi connectivity index (χ1n) is 15.4. The lowest BCUT2D eigenvalue weighted by Gasteiger charge is -2.28. The standard InChI is InChI=1S/C34H50F2O2/c1-3-5-7-8-9-11-25-37-32-24-21-30(33(35)34(32)36)26-38-31-22-19-29(20-23-31)18-17-28-15-13-27(14-16-28)12-10-6-4-2/h19-24,27-28H,3-18,25-26H2,1-2H3. The van der Waals surface area contributed by atoms with E-state index in [0.29, 0.717) is 12.4 Å². The minimum Gasteiger partial charge on any atom is -0.490 e. The molecule has 1 fully saturated rings. The van der Waals surface area contributed by atoms with Crippen molar-refractivity contribution in [3.63, 3.8) is 0 Å². The Morgan fingerprint density at radius 3 is 2.00 bits per heavy atom. The Morgan fingerprint density at radius 2 is 1.29 bits per heavy atom. The van der Waals surface area contributed by atoms with Crippen molar-refractivity contribution >= 4 is 0 Å². The van der Waals surface area contributed by atoms with E-state index in [-0.39, 0.29) is 17.9 Å². The van der Waals surface area contributed by atoms with Crippen molar-refractivity contribution in [3.05, 3.63) is 59.2 Å². The predicted octanol–water partition coefficient (Wildman–Crippen LogP) is 10.6. The van der Waals surface area contributed by atoms with Crippen molar-refractivity contribution in [2.75, 3.05) is 6.61 Å². The third-order valence-corrected chi connectivity index (χ3v) is 8.22. The average molecular weight is 529 g/mol. The number of benzene rings is 2. The lowest BCUT2D eigenvalue weighted by atomic mass is 9.78. The maximum absolute atomic E-state index is 14.6. The normalized spacial score (nSPS) is 17.5. The molecule has 0 atom stereocenters. The Kier molecular flexibility index (Phi) is 14.0. The maximum Gasteiger partial charge on any atom is 0.201 e. The van der Waals surface area contributed by atoms with Gasteiger partial charge in [0.05, 0.1) is 6.61 Å². The van der Waals surface area contributed by atoms with Crippen LogP contribution in [0.5, 0.6) is 11.5 Å². The molecular weight excluding hydrogens is 478 g/mol. The molecule has 0 bridgehead atoms. The van der Waals surface area contributed by atoms with E-state index >= 15 is 0 Å². The Labute approximate surface area is 230 Å². The van der Waals surface area contributed by atoms with E-state index < -0.39 is 11.6 Å². The number of hydrogen-bond acceptors (Lipinski definition) is 2. The van der Waals surface area contributed by atoms with Crippen molar-refractivity contribution in [1.29, 1.82) is 0 Å².